The van der Waals surface area contributed by atoms with Gasteiger partial charge in [0.25, 0.3) is 5.91 Å². The van der Waals surface area contributed by atoms with Crippen molar-refractivity contribution in [1.29, 1.82) is 0 Å². The molecule has 33 heavy (non-hydrogen) atoms. The number of nitrogens with zero attached hydrogens (tertiary/aromatic N) is 3. The molecule has 0 spiro atoms. The Morgan fingerprint density at radius 1 is 1.12 bits per heavy atom. The highest BCUT2D eigenvalue weighted by Crippen LogP contribution is 2.22. The van der Waals surface area contributed by atoms with Gasteiger partial charge in [0, 0.05) is 10.0 Å². The third kappa shape index (κ3) is 5.94. The third-order valence-corrected chi connectivity index (χ3v) is 5.51. The molecule has 170 valence electrons. The maximum absolute atomic E-state index is 12.5. The van der Waals surface area contributed by atoms with E-state index in [-0.39, 0.29) is 18.3 Å². The summed E-state index contributed by atoms with van der Waals surface area (Å²) in [6, 6.07) is 16.4. The summed E-state index contributed by atoms with van der Waals surface area (Å²) in [7, 11) is 0. The van der Waals surface area contributed by atoms with E-state index in [0.29, 0.717) is 28.3 Å². The number of furan rings is 1. The molecule has 0 aliphatic carbocycles. The number of hydrogen-bond donors (Lipinski definition) is 1. The Bertz CT molecular complexity index is 1250. The van der Waals surface area contributed by atoms with Crippen molar-refractivity contribution in [2.24, 2.45) is 0 Å². The Morgan fingerprint density at radius 2 is 1.91 bits per heavy atom. The Balaban J connectivity index is 1.32. The summed E-state index contributed by atoms with van der Waals surface area (Å²) in [6.07, 6.45) is 1.51. The number of carbonyl (C=O) groups is 1. The van der Waals surface area contributed by atoms with E-state index >= 15 is 0 Å². The van der Waals surface area contributed by atoms with Gasteiger partial charge in [0.05, 0.1) is 6.54 Å². The van der Waals surface area contributed by atoms with Gasteiger partial charge in [-0.2, -0.15) is 0 Å². The molecule has 9 heteroatoms. The first-order valence-electron chi connectivity index (χ1n) is 10.3. The average molecular weight is 485 g/mol. The summed E-state index contributed by atoms with van der Waals surface area (Å²) >= 11 is 12.1. The molecular formula is C24H22Cl2N4O3. The van der Waals surface area contributed by atoms with E-state index in [1.807, 2.05) is 30.3 Å². The molecule has 0 saturated heterocycles. The van der Waals surface area contributed by atoms with Crippen molar-refractivity contribution in [2.45, 2.75) is 32.9 Å². The Morgan fingerprint density at radius 3 is 2.64 bits per heavy atom. The largest absolute Gasteiger partial charge is 0.486 e. The van der Waals surface area contributed by atoms with Gasteiger partial charge < -0.3 is 9.15 Å². The Kier molecular flexibility index (Phi) is 7.01. The molecule has 4 aromatic rings. The fourth-order valence-electron chi connectivity index (χ4n) is 3.10. The SMILES string of the molecule is CC(C)c1ccc(OCc2ccc(C(=O)Nc3ncn(Cc4ccc(Cl)cc4Cl)n3)o2)cc1. The van der Waals surface area contributed by atoms with Crippen molar-refractivity contribution in [3.05, 3.63) is 93.6 Å². The van der Waals surface area contributed by atoms with Crippen LogP contribution in [0.1, 0.15) is 47.2 Å². The van der Waals surface area contributed by atoms with Crippen molar-refractivity contribution >= 4 is 35.1 Å². The molecule has 2 heterocycles. The maximum Gasteiger partial charge on any atom is 0.293 e. The van der Waals surface area contributed by atoms with Gasteiger partial charge in [0.15, 0.2) is 5.76 Å². The van der Waals surface area contributed by atoms with Crippen molar-refractivity contribution in [1.82, 2.24) is 14.8 Å². The number of halogens is 2. The van der Waals surface area contributed by atoms with Crippen molar-refractivity contribution in [3.63, 3.8) is 0 Å². The molecule has 2 aromatic heterocycles. The molecule has 1 N–H and O–H groups in total. The molecule has 2 aromatic carbocycles. The van der Waals surface area contributed by atoms with Crippen LogP contribution in [0.5, 0.6) is 5.75 Å². The van der Waals surface area contributed by atoms with Crippen LogP contribution in [0.4, 0.5) is 5.95 Å². The van der Waals surface area contributed by atoms with Crippen LogP contribution >= 0.6 is 23.2 Å². The lowest BCUT2D eigenvalue weighted by molar-refractivity contribution is 0.0991. The molecule has 0 aliphatic heterocycles. The highest BCUT2D eigenvalue weighted by atomic mass is 35.5. The summed E-state index contributed by atoms with van der Waals surface area (Å²) in [5.41, 5.74) is 2.07. The highest BCUT2D eigenvalue weighted by Gasteiger charge is 2.14. The molecule has 0 aliphatic rings. The second-order valence-corrected chi connectivity index (χ2v) is 8.58. The number of carbonyl (C=O) groups excluding carboxylic acids is 1. The zero-order valence-corrected chi connectivity index (χ0v) is 19.6. The van der Waals surface area contributed by atoms with Gasteiger partial charge in [-0.05, 0) is 53.4 Å². The molecule has 1 amide bonds. The summed E-state index contributed by atoms with van der Waals surface area (Å²) in [5, 5.41) is 7.96. The number of aromatic nitrogens is 3. The van der Waals surface area contributed by atoms with Crippen molar-refractivity contribution in [3.8, 4) is 5.75 Å². The number of ether oxygens (including phenoxy) is 1. The number of hydrogen-bond acceptors (Lipinski definition) is 5. The van der Waals surface area contributed by atoms with Crippen LogP contribution < -0.4 is 10.1 Å². The van der Waals surface area contributed by atoms with Crippen LogP contribution in [0.25, 0.3) is 0 Å². The lowest BCUT2D eigenvalue weighted by atomic mass is 10.0. The van der Waals surface area contributed by atoms with Crippen LogP contribution in [-0.4, -0.2) is 20.7 Å². The van der Waals surface area contributed by atoms with E-state index in [1.165, 1.54) is 11.9 Å². The molecule has 7 nitrogen and oxygen atoms in total. The van der Waals surface area contributed by atoms with Gasteiger partial charge >= 0.3 is 0 Å². The molecule has 0 saturated carbocycles. The van der Waals surface area contributed by atoms with E-state index in [9.17, 15) is 4.79 Å². The van der Waals surface area contributed by atoms with E-state index in [0.717, 1.165) is 11.3 Å². The minimum absolute atomic E-state index is 0.140. The number of amides is 1. The van der Waals surface area contributed by atoms with Crippen LogP contribution in [0, 0.1) is 0 Å². The molecule has 0 atom stereocenters. The minimum Gasteiger partial charge on any atom is -0.486 e. The number of nitrogens with one attached hydrogen (secondary N) is 1. The van der Waals surface area contributed by atoms with E-state index in [1.54, 1.807) is 28.9 Å². The standard InChI is InChI=1S/C24H22Cl2N4O3/c1-15(2)16-4-7-19(8-5-16)32-13-20-9-10-22(33-20)23(31)28-24-27-14-30(29-24)12-17-3-6-18(25)11-21(17)26/h3-11,14-15H,12-13H2,1-2H3,(H,28,29,31). The van der Waals surface area contributed by atoms with Crippen molar-refractivity contribution in [2.75, 3.05) is 5.32 Å². The molecule has 0 radical (unpaired) electrons. The number of anilines is 1. The Hall–Kier alpha value is -3.29. The van der Waals surface area contributed by atoms with E-state index in [4.69, 9.17) is 32.4 Å². The van der Waals surface area contributed by atoms with Gasteiger partial charge in [-0.1, -0.05) is 55.2 Å². The second-order valence-electron chi connectivity index (χ2n) is 7.73. The molecular weight excluding hydrogens is 463 g/mol. The van der Waals surface area contributed by atoms with Crippen LogP contribution in [0.2, 0.25) is 10.0 Å². The molecule has 4 rings (SSSR count). The summed E-state index contributed by atoms with van der Waals surface area (Å²) < 4.78 is 12.9. The van der Waals surface area contributed by atoms with Crippen LogP contribution in [-0.2, 0) is 13.2 Å². The lowest BCUT2D eigenvalue weighted by Crippen LogP contribution is -2.12. The first-order valence-corrected chi connectivity index (χ1v) is 11.1. The van der Waals surface area contributed by atoms with Gasteiger partial charge in [-0.25, -0.2) is 9.67 Å². The lowest BCUT2D eigenvalue weighted by Gasteiger charge is -2.07. The number of rotatable bonds is 8. The maximum atomic E-state index is 12.5. The summed E-state index contributed by atoms with van der Waals surface area (Å²) in [6.45, 7) is 4.88. The van der Waals surface area contributed by atoms with Gasteiger partial charge in [-0.3, -0.25) is 10.1 Å². The van der Waals surface area contributed by atoms with Gasteiger partial charge in [0.1, 0.15) is 24.4 Å². The third-order valence-electron chi connectivity index (χ3n) is 4.92. The molecule has 0 fully saturated rings. The highest BCUT2D eigenvalue weighted by molar-refractivity contribution is 6.35. The van der Waals surface area contributed by atoms with E-state index < -0.39 is 5.91 Å². The monoisotopic (exact) mass is 484 g/mol. The normalized spacial score (nSPS) is 11.1. The topological polar surface area (TPSA) is 82.2 Å². The first kappa shape index (κ1) is 22.9. The quantitative estimate of drug-likeness (QED) is 0.322. The predicted octanol–water partition coefficient (Wildman–Crippen LogP) is 6.18. The second kappa shape index (κ2) is 10.1. The van der Waals surface area contributed by atoms with Crippen molar-refractivity contribution < 1.29 is 13.9 Å². The number of benzene rings is 2. The zero-order valence-electron chi connectivity index (χ0n) is 18.1. The fourth-order valence-corrected chi connectivity index (χ4v) is 3.56. The molecule has 0 bridgehead atoms. The van der Waals surface area contributed by atoms with Gasteiger partial charge in [0.2, 0.25) is 5.95 Å². The minimum atomic E-state index is -0.454. The van der Waals surface area contributed by atoms with E-state index in [2.05, 4.69) is 29.2 Å². The predicted molar refractivity (Wildman–Crippen MR) is 127 cm³/mol. The molecule has 0 unspecified atom stereocenters. The Labute approximate surface area is 201 Å². The zero-order chi connectivity index (χ0) is 23.4. The van der Waals surface area contributed by atoms with Crippen LogP contribution in [0.15, 0.2) is 65.3 Å². The first-order chi connectivity index (χ1) is 15.9. The average Bonchev–Trinajstić information content (AvgIpc) is 3.44. The fraction of sp³-hybridized carbons (Fsp3) is 0.208. The van der Waals surface area contributed by atoms with Crippen LogP contribution in [0.3, 0.4) is 0 Å². The summed E-state index contributed by atoms with van der Waals surface area (Å²) in [4.78, 5) is 16.6. The van der Waals surface area contributed by atoms with Gasteiger partial charge in [-0.15, -0.1) is 5.10 Å². The summed E-state index contributed by atoms with van der Waals surface area (Å²) in [5.74, 6) is 1.57. The smallest absolute Gasteiger partial charge is 0.293 e.